The monoisotopic (exact) mass is 311 g/mol. The van der Waals surface area contributed by atoms with Crippen LogP contribution in [0.5, 0.6) is 0 Å². The predicted octanol–water partition coefficient (Wildman–Crippen LogP) is 2.19. The van der Waals surface area contributed by atoms with E-state index in [1.807, 2.05) is 65.7 Å². The zero-order valence-corrected chi connectivity index (χ0v) is 13.0. The summed E-state index contributed by atoms with van der Waals surface area (Å²) in [5.41, 5.74) is 4.94. The number of hydrogen-bond donors (Lipinski definition) is 1. The lowest BCUT2D eigenvalue weighted by Gasteiger charge is -2.29. The third-order valence-corrected chi connectivity index (χ3v) is 3.74. The van der Waals surface area contributed by atoms with Gasteiger partial charge in [-0.05, 0) is 24.3 Å². The number of ether oxygens (including phenoxy) is 1. The van der Waals surface area contributed by atoms with E-state index in [-0.39, 0.29) is 12.5 Å². The van der Waals surface area contributed by atoms with Gasteiger partial charge >= 0.3 is 0 Å². The Morgan fingerprint density at radius 1 is 0.957 bits per heavy atom. The maximum Gasteiger partial charge on any atom is 0.246 e. The first-order chi connectivity index (χ1) is 11.3. The lowest BCUT2D eigenvalue weighted by molar-refractivity contribution is -0.118. The molecule has 1 saturated heterocycles. The van der Waals surface area contributed by atoms with E-state index in [0.717, 1.165) is 24.5 Å². The quantitative estimate of drug-likeness (QED) is 0.919. The number of rotatable bonds is 5. The van der Waals surface area contributed by atoms with Gasteiger partial charge in [-0.1, -0.05) is 36.4 Å². The lowest BCUT2D eigenvalue weighted by Crippen LogP contribution is -2.49. The van der Waals surface area contributed by atoms with Crippen molar-refractivity contribution in [1.82, 2.24) is 10.4 Å². The molecule has 0 atom stereocenters. The minimum absolute atomic E-state index is 0.00823. The van der Waals surface area contributed by atoms with Gasteiger partial charge in [0.25, 0.3) is 0 Å². The van der Waals surface area contributed by atoms with Crippen LogP contribution in [0.15, 0.2) is 60.7 Å². The van der Waals surface area contributed by atoms with Crippen LogP contribution in [0.2, 0.25) is 0 Å². The highest BCUT2D eigenvalue weighted by Crippen LogP contribution is 2.24. The molecule has 5 heteroatoms. The van der Waals surface area contributed by atoms with Crippen molar-refractivity contribution in [3.05, 3.63) is 60.7 Å². The van der Waals surface area contributed by atoms with Crippen LogP contribution in [0.4, 0.5) is 11.4 Å². The number of carbonyl (C=O) groups excluding carboxylic acids is 1. The number of hydrogen-bond acceptors (Lipinski definition) is 4. The summed E-state index contributed by atoms with van der Waals surface area (Å²) in [6.45, 7) is 3.24. The van der Waals surface area contributed by atoms with E-state index in [1.165, 1.54) is 0 Å². The molecule has 23 heavy (non-hydrogen) atoms. The Labute approximate surface area is 136 Å². The van der Waals surface area contributed by atoms with E-state index in [2.05, 4.69) is 5.43 Å². The number of anilines is 2. The summed E-state index contributed by atoms with van der Waals surface area (Å²) < 4.78 is 5.32. The third kappa shape index (κ3) is 4.16. The highest BCUT2D eigenvalue weighted by atomic mass is 16.5. The van der Waals surface area contributed by atoms with Crippen molar-refractivity contribution >= 4 is 17.3 Å². The molecule has 1 fully saturated rings. The van der Waals surface area contributed by atoms with Gasteiger partial charge in [-0.25, -0.2) is 10.4 Å². The average Bonchev–Trinajstić information content (AvgIpc) is 2.63. The molecule has 0 spiro atoms. The van der Waals surface area contributed by atoms with Gasteiger partial charge in [0, 0.05) is 24.5 Å². The lowest BCUT2D eigenvalue weighted by atomic mass is 10.2. The largest absolute Gasteiger partial charge is 0.379 e. The number of hydrazine groups is 1. The number of nitrogens with one attached hydrogen (secondary N) is 1. The Balaban J connectivity index is 1.74. The van der Waals surface area contributed by atoms with Crippen LogP contribution < -0.4 is 10.3 Å². The summed E-state index contributed by atoms with van der Waals surface area (Å²) in [4.78, 5) is 14.5. The molecule has 120 valence electrons. The number of nitrogens with zero attached hydrogens (tertiary/aromatic N) is 2. The molecule has 2 aromatic carbocycles. The van der Waals surface area contributed by atoms with Crippen LogP contribution >= 0.6 is 0 Å². The molecule has 1 aliphatic heterocycles. The van der Waals surface area contributed by atoms with Gasteiger partial charge in [0.15, 0.2) is 0 Å². The van der Waals surface area contributed by atoms with Crippen molar-refractivity contribution in [2.75, 3.05) is 37.7 Å². The second-order valence-corrected chi connectivity index (χ2v) is 5.33. The van der Waals surface area contributed by atoms with Gasteiger partial charge in [0.05, 0.1) is 19.8 Å². The van der Waals surface area contributed by atoms with Crippen LogP contribution in [0.1, 0.15) is 0 Å². The Kier molecular flexibility index (Phi) is 5.37. The van der Waals surface area contributed by atoms with Gasteiger partial charge in [0.2, 0.25) is 5.91 Å². The summed E-state index contributed by atoms with van der Waals surface area (Å²) in [6.07, 6.45) is 0. The fourth-order valence-corrected chi connectivity index (χ4v) is 2.57. The molecule has 3 rings (SSSR count). The topological polar surface area (TPSA) is 44.8 Å². The summed E-state index contributed by atoms with van der Waals surface area (Å²) >= 11 is 0. The Hall–Kier alpha value is -2.21. The number of carbonyl (C=O) groups is 1. The maximum absolute atomic E-state index is 12.8. The van der Waals surface area contributed by atoms with E-state index in [4.69, 9.17) is 4.74 Å². The van der Waals surface area contributed by atoms with Gasteiger partial charge < -0.3 is 4.74 Å². The van der Waals surface area contributed by atoms with E-state index < -0.39 is 0 Å². The Morgan fingerprint density at radius 2 is 1.48 bits per heavy atom. The number of amides is 1. The number of morpholine rings is 1. The average molecular weight is 311 g/mol. The smallest absolute Gasteiger partial charge is 0.246 e. The SMILES string of the molecule is O=C(CNN1CCOCC1)N(c1ccccc1)c1ccccc1. The Bertz CT molecular complexity index is 573. The van der Waals surface area contributed by atoms with Crippen molar-refractivity contribution < 1.29 is 9.53 Å². The molecule has 0 saturated carbocycles. The molecule has 0 bridgehead atoms. The van der Waals surface area contributed by atoms with Crippen molar-refractivity contribution in [2.24, 2.45) is 0 Å². The predicted molar refractivity (Wildman–Crippen MR) is 90.4 cm³/mol. The minimum atomic E-state index is 0.00823. The maximum atomic E-state index is 12.8. The van der Waals surface area contributed by atoms with Crippen molar-refractivity contribution in [1.29, 1.82) is 0 Å². The van der Waals surface area contributed by atoms with Crippen LogP contribution in [0.3, 0.4) is 0 Å². The van der Waals surface area contributed by atoms with Crippen LogP contribution in [0, 0.1) is 0 Å². The van der Waals surface area contributed by atoms with Gasteiger partial charge in [-0.15, -0.1) is 0 Å². The van der Waals surface area contributed by atoms with Crippen molar-refractivity contribution in [2.45, 2.75) is 0 Å². The van der Waals surface area contributed by atoms with Gasteiger partial charge in [0.1, 0.15) is 0 Å². The first-order valence-electron chi connectivity index (χ1n) is 7.84. The van der Waals surface area contributed by atoms with E-state index in [0.29, 0.717) is 13.2 Å². The Morgan fingerprint density at radius 3 is 2.00 bits per heavy atom. The first-order valence-corrected chi connectivity index (χ1v) is 7.84. The second-order valence-electron chi connectivity index (χ2n) is 5.33. The first kappa shape index (κ1) is 15.7. The second kappa shape index (κ2) is 7.87. The molecule has 1 heterocycles. The van der Waals surface area contributed by atoms with E-state index in [9.17, 15) is 4.79 Å². The molecule has 0 aromatic heterocycles. The summed E-state index contributed by atoms with van der Waals surface area (Å²) in [6, 6.07) is 19.4. The zero-order chi connectivity index (χ0) is 15.9. The fourth-order valence-electron chi connectivity index (χ4n) is 2.57. The van der Waals surface area contributed by atoms with Crippen molar-refractivity contribution in [3.63, 3.8) is 0 Å². The molecule has 0 unspecified atom stereocenters. The van der Waals surface area contributed by atoms with Gasteiger partial charge in [-0.3, -0.25) is 9.69 Å². The van der Waals surface area contributed by atoms with Crippen LogP contribution in [-0.2, 0) is 9.53 Å². The van der Waals surface area contributed by atoms with Gasteiger partial charge in [-0.2, -0.15) is 0 Å². The van der Waals surface area contributed by atoms with Crippen LogP contribution in [-0.4, -0.2) is 43.8 Å². The molecular weight excluding hydrogens is 290 g/mol. The molecule has 5 nitrogen and oxygen atoms in total. The summed E-state index contributed by atoms with van der Waals surface area (Å²) in [7, 11) is 0. The van der Waals surface area contributed by atoms with Crippen molar-refractivity contribution in [3.8, 4) is 0 Å². The number of benzene rings is 2. The molecule has 1 amide bonds. The molecule has 1 aliphatic rings. The highest BCUT2D eigenvalue weighted by molar-refractivity contribution is 6.01. The molecule has 2 aromatic rings. The fraction of sp³-hybridized carbons (Fsp3) is 0.278. The highest BCUT2D eigenvalue weighted by Gasteiger charge is 2.19. The zero-order valence-electron chi connectivity index (χ0n) is 13.0. The summed E-state index contributed by atoms with van der Waals surface area (Å²) in [5, 5.41) is 2.04. The normalized spacial score (nSPS) is 15.3. The molecular formula is C18H21N3O2. The molecule has 1 N–H and O–H groups in total. The standard InChI is InChI=1S/C18H21N3O2/c22-18(15-19-20-11-13-23-14-12-20)21(16-7-3-1-4-8-16)17-9-5-2-6-10-17/h1-10,19H,11-15H2. The number of para-hydroxylation sites is 2. The molecule has 0 aliphatic carbocycles. The minimum Gasteiger partial charge on any atom is -0.379 e. The molecule has 0 radical (unpaired) electrons. The summed E-state index contributed by atoms with van der Waals surface area (Å²) in [5.74, 6) is 0.00823. The third-order valence-electron chi connectivity index (χ3n) is 3.74. The van der Waals surface area contributed by atoms with E-state index in [1.54, 1.807) is 4.90 Å². The van der Waals surface area contributed by atoms with Crippen LogP contribution in [0.25, 0.3) is 0 Å². The van der Waals surface area contributed by atoms with E-state index >= 15 is 0 Å².